The highest BCUT2D eigenvalue weighted by atomic mass is 19.1. The van der Waals surface area contributed by atoms with E-state index < -0.39 is 6.04 Å². The first-order chi connectivity index (χ1) is 12.7. The SMILES string of the molecule is O=C1C[C@H](c2ccco2)CC2=C1[C@H](c1cccc(F)c1)n1ncnc1N2. The average molecular weight is 350 g/mol. The Labute approximate surface area is 148 Å². The molecule has 1 aromatic carbocycles. The molecule has 3 heterocycles. The first kappa shape index (κ1) is 15.1. The summed E-state index contributed by atoms with van der Waals surface area (Å²) in [5.74, 6) is 0.982. The van der Waals surface area contributed by atoms with E-state index in [0.717, 1.165) is 11.5 Å². The lowest BCUT2D eigenvalue weighted by Crippen LogP contribution is -2.33. The summed E-state index contributed by atoms with van der Waals surface area (Å²) in [5, 5.41) is 7.48. The van der Waals surface area contributed by atoms with Crippen molar-refractivity contribution in [3.63, 3.8) is 0 Å². The van der Waals surface area contributed by atoms with Crippen molar-refractivity contribution >= 4 is 11.7 Å². The summed E-state index contributed by atoms with van der Waals surface area (Å²) in [7, 11) is 0. The van der Waals surface area contributed by atoms with E-state index in [1.165, 1.54) is 18.5 Å². The van der Waals surface area contributed by atoms with Gasteiger partial charge in [-0.15, -0.1) is 0 Å². The zero-order chi connectivity index (χ0) is 17.7. The van der Waals surface area contributed by atoms with E-state index in [1.807, 2.05) is 12.1 Å². The van der Waals surface area contributed by atoms with Crippen LogP contribution in [0.15, 0.2) is 64.7 Å². The molecule has 2 atom stereocenters. The van der Waals surface area contributed by atoms with Crippen LogP contribution in [-0.2, 0) is 4.79 Å². The monoisotopic (exact) mass is 350 g/mol. The standard InChI is InChI=1S/C19H15FN4O2/c20-13-4-1-3-11(7-13)18-17-14(23-19-21-10-22-24(18)19)8-12(9-15(17)25)16-5-2-6-26-16/h1-7,10,12,18H,8-9H2,(H,21,22,23)/t12-,18+/m1/s1. The number of hydrogen-bond acceptors (Lipinski definition) is 5. The maximum absolute atomic E-state index is 13.8. The molecule has 130 valence electrons. The van der Waals surface area contributed by atoms with Gasteiger partial charge in [-0.1, -0.05) is 12.1 Å². The topological polar surface area (TPSA) is 73.0 Å². The number of carbonyl (C=O) groups excluding carboxylic acids is 1. The van der Waals surface area contributed by atoms with Crippen LogP contribution in [0.25, 0.3) is 0 Å². The lowest BCUT2D eigenvalue weighted by molar-refractivity contribution is -0.117. The number of nitrogens with zero attached hydrogens (tertiary/aromatic N) is 3. The molecule has 0 bridgehead atoms. The largest absolute Gasteiger partial charge is 0.469 e. The molecule has 1 N–H and O–H groups in total. The van der Waals surface area contributed by atoms with E-state index in [0.29, 0.717) is 29.9 Å². The third-order valence-corrected chi connectivity index (χ3v) is 4.97. The molecule has 3 aromatic rings. The van der Waals surface area contributed by atoms with Gasteiger partial charge in [0.15, 0.2) is 5.78 Å². The third kappa shape index (κ3) is 2.28. The van der Waals surface area contributed by atoms with Gasteiger partial charge in [0.2, 0.25) is 5.95 Å². The molecule has 2 aromatic heterocycles. The second-order valence-corrected chi connectivity index (χ2v) is 6.55. The number of furan rings is 1. The number of carbonyl (C=O) groups is 1. The number of anilines is 1. The zero-order valence-corrected chi connectivity index (χ0v) is 13.7. The van der Waals surface area contributed by atoms with E-state index in [9.17, 15) is 9.18 Å². The molecular formula is C19H15FN4O2. The lowest BCUT2D eigenvalue weighted by atomic mass is 9.79. The molecule has 0 spiro atoms. The van der Waals surface area contributed by atoms with E-state index >= 15 is 0 Å². The Balaban J connectivity index is 1.63. The van der Waals surface area contributed by atoms with E-state index in [4.69, 9.17) is 4.42 Å². The van der Waals surface area contributed by atoms with Crippen molar-refractivity contribution in [2.75, 3.05) is 5.32 Å². The van der Waals surface area contributed by atoms with Crippen LogP contribution >= 0.6 is 0 Å². The van der Waals surface area contributed by atoms with Gasteiger partial charge >= 0.3 is 0 Å². The molecule has 0 fully saturated rings. The van der Waals surface area contributed by atoms with Crippen LogP contribution in [-0.4, -0.2) is 20.5 Å². The summed E-state index contributed by atoms with van der Waals surface area (Å²) < 4.78 is 21.0. The summed E-state index contributed by atoms with van der Waals surface area (Å²) in [5.41, 5.74) is 2.10. The maximum Gasteiger partial charge on any atom is 0.226 e. The highest BCUT2D eigenvalue weighted by Crippen LogP contribution is 2.43. The summed E-state index contributed by atoms with van der Waals surface area (Å²) in [6, 6.07) is 9.51. The molecule has 0 saturated heterocycles. The Morgan fingerprint density at radius 3 is 2.96 bits per heavy atom. The van der Waals surface area contributed by atoms with Crippen molar-refractivity contribution in [2.45, 2.75) is 24.8 Å². The number of fused-ring (bicyclic) bond motifs is 1. The number of nitrogens with one attached hydrogen (secondary N) is 1. The molecule has 7 heteroatoms. The third-order valence-electron chi connectivity index (χ3n) is 4.97. The van der Waals surface area contributed by atoms with Gasteiger partial charge in [0.05, 0.1) is 6.26 Å². The van der Waals surface area contributed by atoms with Gasteiger partial charge in [-0.3, -0.25) is 4.79 Å². The molecule has 5 rings (SSSR count). The van der Waals surface area contributed by atoms with Crippen LogP contribution in [0.5, 0.6) is 0 Å². The van der Waals surface area contributed by atoms with Gasteiger partial charge in [-0.05, 0) is 36.2 Å². The fourth-order valence-corrected chi connectivity index (χ4v) is 3.86. The highest BCUT2D eigenvalue weighted by Gasteiger charge is 2.39. The molecule has 0 unspecified atom stereocenters. The fourth-order valence-electron chi connectivity index (χ4n) is 3.86. The Morgan fingerprint density at radius 1 is 1.23 bits per heavy atom. The summed E-state index contributed by atoms with van der Waals surface area (Å²) in [4.78, 5) is 17.3. The predicted octanol–water partition coefficient (Wildman–Crippen LogP) is 3.43. The first-order valence-corrected chi connectivity index (χ1v) is 8.42. The number of benzene rings is 1. The molecule has 1 aliphatic heterocycles. The number of allylic oxidation sites excluding steroid dienone is 2. The highest BCUT2D eigenvalue weighted by molar-refractivity contribution is 6.00. The van der Waals surface area contributed by atoms with Gasteiger partial charge in [0.1, 0.15) is 23.9 Å². The van der Waals surface area contributed by atoms with Crippen molar-refractivity contribution < 1.29 is 13.6 Å². The Bertz CT molecular complexity index is 1020. The molecular weight excluding hydrogens is 335 g/mol. The molecule has 0 amide bonds. The van der Waals surface area contributed by atoms with Crippen LogP contribution < -0.4 is 5.32 Å². The van der Waals surface area contributed by atoms with E-state index in [2.05, 4.69) is 15.4 Å². The lowest BCUT2D eigenvalue weighted by Gasteiger charge is -2.34. The van der Waals surface area contributed by atoms with Crippen LogP contribution in [0.2, 0.25) is 0 Å². The molecule has 0 saturated carbocycles. The summed E-state index contributed by atoms with van der Waals surface area (Å²) in [6.07, 6.45) is 4.03. The van der Waals surface area contributed by atoms with E-state index in [1.54, 1.807) is 23.1 Å². The van der Waals surface area contributed by atoms with Crippen LogP contribution in [0.3, 0.4) is 0 Å². The zero-order valence-electron chi connectivity index (χ0n) is 13.7. The minimum Gasteiger partial charge on any atom is -0.469 e. The normalized spacial score (nSPS) is 22.0. The van der Waals surface area contributed by atoms with Crippen LogP contribution in [0.1, 0.15) is 36.1 Å². The van der Waals surface area contributed by atoms with Gasteiger partial charge in [0.25, 0.3) is 0 Å². The smallest absolute Gasteiger partial charge is 0.226 e. The number of ketones is 1. The van der Waals surface area contributed by atoms with E-state index in [-0.39, 0.29) is 17.5 Å². The predicted molar refractivity (Wildman–Crippen MR) is 90.9 cm³/mol. The minimum absolute atomic E-state index is 0.00978. The van der Waals surface area contributed by atoms with Gasteiger partial charge in [-0.25, -0.2) is 9.07 Å². The second kappa shape index (κ2) is 5.66. The van der Waals surface area contributed by atoms with Crippen molar-refractivity contribution in [3.05, 3.63) is 77.4 Å². The molecule has 0 radical (unpaired) electrons. The van der Waals surface area contributed by atoms with Crippen LogP contribution in [0, 0.1) is 5.82 Å². The van der Waals surface area contributed by atoms with Crippen molar-refractivity contribution in [1.82, 2.24) is 14.8 Å². The van der Waals surface area contributed by atoms with Crippen molar-refractivity contribution in [1.29, 1.82) is 0 Å². The van der Waals surface area contributed by atoms with Gasteiger partial charge in [0, 0.05) is 23.6 Å². The molecule has 1 aliphatic carbocycles. The van der Waals surface area contributed by atoms with Crippen molar-refractivity contribution in [2.24, 2.45) is 0 Å². The quantitative estimate of drug-likeness (QED) is 0.767. The minimum atomic E-state index is -0.482. The Kier molecular flexibility index (Phi) is 3.28. The number of halogens is 1. The number of aromatic nitrogens is 3. The molecule has 6 nitrogen and oxygen atoms in total. The Morgan fingerprint density at radius 2 is 2.15 bits per heavy atom. The number of rotatable bonds is 2. The maximum atomic E-state index is 13.8. The number of Topliss-reactive ketones (excluding diaryl/α,β-unsaturated/α-hetero) is 1. The number of hydrogen-bond donors (Lipinski definition) is 1. The summed E-state index contributed by atoms with van der Waals surface area (Å²) >= 11 is 0. The molecule has 2 aliphatic rings. The average Bonchev–Trinajstić information content (AvgIpc) is 3.31. The van der Waals surface area contributed by atoms with Gasteiger partial charge in [-0.2, -0.15) is 10.1 Å². The van der Waals surface area contributed by atoms with Gasteiger partial charge < -0.3 is 9.73 Å². The fraction of sp³-hybridized carbons (Fsp3) is 0.211. The Hall–Kier alpha value is -3.22. The van der Waals surface area contributed by atoms with Crippen LogP contribution in [0.4, 0.5) is 10.3 Å². The second-order valence-electron chi connectivity index (χ2n) is 6.55. The summed E-state index contributed by atoms with van der Waals surface area (Å²) in [6.45, 7) is 0. The van der Waals surface area contributed by atoms with Crippen molar-refractivity contribution in [3.8, 4) is 0 Å². The first-order valence-electron chi connectivity index (χ1n) is 8.42. The molecule has 26 heavy (non-hydrogen) atoms.